The molecular weight excluding hydrogens is 462 g/mol. The van der Waals surface area contributed by atoms with Crippen LogP contribution >= 0.6 is 0 Å². The number of carbonyl (C=O) groups is 2. The van der Waals surface area contributed by atoms with Crippen LogP contribution in [0.4, 0.5) is 5.82 Å². The topological polar surface area (TPSA) is 127 Å². The van der Waals surface area contributed by atoms with Gasteiger partial charge in [0.05, 0.1) is 30.4 Å². The lowest BCUT2D eigenvalue weighted by molar-refractivity contribution is -0.140. The Balaban J connectivity index is 1.34. The summed E-state index contributed by atoms with van der Waals surface area (Å²) in [7, 11) is 3.28. The van der Waals surface area contributed by atoms with Gasteiger partial charge < -0.3 is 20.1 Å². The number of anilines is 1. The standard InChI is InChI=1S/C25H29N7O4/c1-15(33)25(35)30(2)17-6-8-18(9-7-17)31-14-16-11-19(21(36-3)12-20(16)29-31)24(34)28-23-13-26-22-5-4-10-27-32(22)23/h4-5,10-15,17-18,33H,6-9H2,1-3H3,(H,28,34)/t15-,17?,18?/m0/s1. The number of aromatic nitrogens is 5. The van der Waals surface area contributed by atoms with Gasteiger partial charge in [-0.3, -0.25) is 14.3 Å². The van der Waals surface area contributed by atoms with E-state index in [1.54, 1.807) is 53.1 Å². The number of aliphatic hydroxyl groups is 1. The van der Waals surface area contributed by atoms with Crippen molar-refractivity contribution in [1.82, 2.24) is 29.3 Å². The number of nitrogens with one attached hydrogen (secondary N) is 1. The van der Waals surface area contributed by atoms with Crippen molar-refractivity contribution in [2.75, 3.05) is 19.5 Å². The molecule has 0 bridgehead atoms. The highest BCUT2D eigenvalue weighted by molar-refractivity contribution is 6.08. The first-order valence-electron chi connectivity index (χ1n) is 12.0. The zero-order valence-corrected chi connectivity index (χ0v) is 20.5. The van der Waals surface area contributed by atoms with Crippen LogP contribution in [-0.2, 0) is 4.79 Å². The third kappa shape index (κ3) is 4.37. The molecule has 2 amide bonds. The quantitative estimate of drug-likeness (QED) is 0.425. The van der Waals surface area contributed by atoms with E-state index in [2.05, 4.69) is 15.4 Å². The van der Waals surface area contributed by atoms with Crippen LogP contribution in [0.1, 0.15) is 49.0 Å². The zero-order valence-electron chi connectivity index (χ0n) is 20.5. The molecule has 11 nitrogen and oxygen atoms in total. The van der Waals surface area contributed by atoms with Crippen molar-refractivity contribution >= 4 is 34.2 Å². The molecule has 1 fully saturated rings. The van der Waals surface area contributed by atoms with E-state index < -0.39 is 6.10 Å². The van der Waals surface area contributed by atoms with Crippen LogP contribution in [-0.4, -0.2) is 72.5 Å². The molecule has 5 rings (SSSR count). The number of methoxy groups -OCH3 is 1. The van der Waals surface area contributed by atoms with Crippen molar-refractivity contribution in [3.05, 3.63) is 48.4 Å². The van der Waals surface area contributed by atoms with Crippen molar-refractivity contribution < 1.29 is 19.4 Å². The molecule has 0 radical (unpaired) electrons. The fourth-order valence-corrected chi connectivity index (χ4v) is 4.89. The number of amides is 2. The number of ether oxygens (including phenoxy) is 1. The lowest BCUT2D eigenvalue weighted by Gasteiger charge is -2.35. The largest absolute Gasteiger partial charge is 0.496 e. The molecule has 0 unspecified atom stereocenters. The Bertz CT molecular complexity index is 1420. The van der Waals surface area contributed by atoms with Crippen molar-refractivity contribution in [1.29, 1.82) is 0 Å². The molecule has 0 spiro atoms. The molecule has 2 N–H and O–H groups in total. The number of hydrogen-bond donors (Lipinski definition) is 2. The molecule has 36 heavy (non-hydrogen) atoms. The summed E-state index contributed by atoms with van der Waals surface area (Å²) < 4.78 is 9.02. The number of hydrogen-bond acceptors (Lipinski definition) is 7. The van der Waals surface area contributed by atoms with Gasteiger partial charge in [0.15, 0.2) is 11.5 Å². The molecular formula is C25H29N7O4. The Morgan fingerprint density at radius 3 is 2.75 bits per heavy atom. The minimum Gasteiger partial charge on any atom is -0.496 e. The number of rotatable bonds is 6. The van der Waals surface area contributed by atoms with Gasteiger partial charge in [0.25, 0.3) is 11.8 Å². The lowest BCUT2D eigenvalue weighted by Crippen LogP contribution is -2.43. The first-order chi connectivity index (χ1) is 17.4. The predicted octanol–water partition coefficient (Wildman–Crippen LogP) is 2.66. The summed E-state index contributed by atoms with van der Waals surface area (Å²) in [5.74, 6) is 0.305. The minimum atomic E-state index is -0.991. The third-order valence-corrected chi connectivity index (χ3v) is 6.90. The molecule has 1 aliphatic carbocycles. The van der Waals surface area contributed by atoms with Crippen LogP contribution in [0.2, 0.25) is 0 Å². The Kier molecular flexibility index (Phi) is 6.31. The summed E-state index contributed by atoms with van der Waals surface area (Å²) in [6.45, 7) is 1.50. The monoisotopic (exact) mass is 491 g/mol. The highest BCUT2D eigenvalue weighted by Crippen LogP contribution is 2.33. The van der Waals surface area contributed by atoms with Gasteiger partial charge in [0.2, 0.25) is 0 Å². The number of imidazole rings is 1. The Morgan fingerprint density at radius 1 is 1.25 bits per heavy atom. The van der Waals surface area contributed by atoms with E-state index >= 15 is 0 Å². The zero-order chi connectivity index (χ0) is 25.4. The van der Waals surface area contributed by atoms with Crippen LogP contribution in [0, 0.1) is 0 Å². The fraction of sp³-hybridized carbons (Fsp3) is 0.400. The average molecular weight is 492 g/mol. The van der Waals surface area contributed by atoms with Crippen LogP contribution in [0.15, 0.2) is 42.9 Å². The van der Waals surface area contributed by atoms with Gasteiger partial charge in [-0.15, -0.1) is 0 Å². The van der Waals surface area contributed by atoms with E-state index in [1.165, 1.54) is 14.0 Å². The fourth-order valence-electron chi connectivity index (χ4n) is 4.89. The van der Waals surface area contributed by atoms with Gasteiger partial charge in [0, 0.05) is 36.9 Å². The SMILES string of the molecule is COc1cc2nn(C3CCC(N(C)C(=O)[C@H](C)O)CC3)cc2cc1C(=O)Nc1cnc2cccnn12. The van der Waals surface area contributed by atoms with Crippen LogP contribution in [0.25, 0.3) is 16.6 Å². The molecule has 1 aliphatic rings. The predicted molar refractivity (Wildman–Crippen MR) is 133 cm³/mol. The number of nitrogens with zero attached hydrogens (tertiary/aromatic N) is 6. The molecule has 188 valence electrons. The molecule has 0 aliphatic heterocycles. The van der Waals surface area contributed by atoms with E-state index in [9.17, 15) is 14.7 Å². The smallest absolute Gasteiger partial charge is 0.260 e. The summed E-state index contributed by atoms with van der Waals surface area (Å²) in [6.07, 6.45) is 7.55. The maximum Gasteiger partial charge on any atom is 0.260 e. The number of likely N-dealkylation sites (N-methyl/N-ethyl adjacent to an activating group) is 1. The molecule has 11 heteroatoms. The Morgan fingerprint density at radius 2 is 2.03 bits per heavy atom. The van der Waals surface area contributed by atoms with Crippen molar-refractivity contribution in [3.8, 4) is 5.75 Å². The van der Waals surface area contributed by atoms with E-state index in [1.807, 2.05) is 10.9 Å². The molecule has 3 heterocycles. The number of fused-ring (bicyclic) bond motifs is 2. The summed E-state index contributed by atoms with van der Waals surface area (Å²) >= 11 is 0. The Hall–Kier alpha value is -3.99. The number of carbonyl (C=O) groups excluding carboxylic acids is 2. The van der Waals surface area contributed by atoms with Crippen LogP contribution in [0.3, 0.4) is 0 Å². The number of benzene rings is 1. The van der Waals surface area contributed by atoms with Crippen LogP contribution < -0.4 is 10.1 Å². The number of aliphatic hydroxyl groups excluding tert-OH is 1. The van der Waals surface area contributed by atoms with E-state index in [0.29, 0.717) is 22.8 Å². The van der Waals surface area contributed by atoms with E-state index in [-0.39, 0.29) is 23.9 Å². The normalized spacial score (nSPS) is 18.8. The summed E-state index contributed by atoms with van der Waals surface area (Å²) in [5, 5.41) is 22.3. The summed E-state index contributed by atoms with van der Waals surface area (Å²) in [4.78, 5) is 31.2. The van der Waals surface area contributed by atoms with E-state index in [4.69, 9.17) is 9.84 Å². The van der Waals surface area contributed by atoms with Crippen molar-refractivity contribution in [2.24, 2.45) is 0 Å². The van der Waals surface area contributed by atoms with Gasteiger partial charge in [-0.25, -0.2) is 4.98 Å². The molecule has 1 atom stereocenters. The minimum absolute atomic E-state index is 0.109. The van der Waals surface area contributed by atoms with Crippen molar-refractivity contribution in [2.45, 2.75) is 50.8 Å². The maximum atomic E-state index is 13.2. The molecule has 0 saturated heterocycles. The highest BCUT2D eigenvalue weighted by atomic mass is 16.5. The summed E-state index contributed by atoms with van der Waals surface area (Å²) in [5.41, 5.74) is 1.76. The van der Waals surface area contributed by atoms with Gasteiger partial charge in [-0.05, 0) is 50.8 Å². The lowest BCUT2D eigenvalue weighted by atomic mass is 9.90. The summed E-state index contributed by atoms with van der Waals surface area (Å²) in [6, 6.07) is 7.44. The van der Waals surface area contributed by atoms with Gasteiger partial charge >= 0.3 is 0 Å². The highest BCUT2D eigenvalue weighted by Gasteiger charge is 2.29. The first-order valence-corrected chi connectivity index (χ1v) is 12.0. The van der Waals surface area contributed by atoms with Gasteiger partial charge in [-0.1, -0.05) is 0 Å². The maximum absolute atomic E-state index is 13.2. The van der Waals surface area contributed by atoms with Crippen LogP contribution in [0.5, 0.6) is 5.75 Å². The van der Waals surface area contributed by atoms with Gasteiger partial charge in [-0.2, -0.15) is 14.7 Å². The average Bonchev–Trinajstić information content (AvgIpc) is 3.50. The van der Waals surface area contributed by atoms with Crippen molar-refractivity contribution in [3.63, 3.8) is 0 Å². The first kappa shape index (κ1) is 23.7. The second-order valence-corrected chi connectivity index (χ2v) is 9.20. The third-order valence-electron chi connectivity index (χ3n) is 6.90. The molecule has 1 aromatic carbocycles. The second kappa shape index (κ2) is 9.57. The second-order valence-electron chi connectivity index (χ2n) is 9.20. The molecule has 3 aromatic heterocycles. The Labute approximate surface area is 207 Å². The molecule has 4 aromatic rings. The van der Waals surface area contributed by atoms with E-state index in [0.717, 1.165) is 36.6 Å². The van der Waals surface area contributed by atoms with Gasteiger partial charge in [0.1, 0.15) is 11.9 Å². The molecule has 1 saturated carbocycles.